The van der Waals surface area contributed by atoms with Crippen molar-refractivity contribution in [3.8, 4) is 5.75 Å². The molecule has 230 valence electrons. The number of rotatable bonds is 13. The highest BCUT2D eigenvalue weighted by Gasteiger charge is 2.34. The van der Waals surface area contributed by atoms with Crippen LogP contribution in [0.15, 0.2) is 82.6 Å². The number of benzene rings is 3. The molecule has 0 spiro atoms. The number of para-hydroxylation sites is 2. The maximum atomic E-state index is 14.2. The van der Waals surface area contributed by atoms with Gasteiger partial charge in [-0.3, -0.25) is 13.9 Å². The van der Waals surface area contributed by atoms with Crippen molar-refractivity contribution < 1.29 is 22.7 Å². The van der Waals surface area contributed by atoms with E-state index in [9.17, 15) is 18.0 Å². The van der Waals surface area contributed by atoms with Crippen molar-refractivity contribution in [2.45, 2.75) is 74.9 Å². The first-order chi connectivity index (χ1) is 20.6. The van der Waals surface area contributed by atoms with Crippen LogP contribution in [0.2, 0.25) is 0 Å². The van der Waals surface area contributed by atoms with E-state index in [1.165, 1.54) is 16.7 Å². The lowest BCUT2D eigenvalue weighted by atomic mass is 10.1. The number of nitrogens with zero attached hydrogens (tertiary/aromatic N) is 2. The summed E-state index contributed by atoms with van der Waals surface area (Å²) in [5.74, 6) is -0.395. The Hall–Kier alpha value is -3.50. The van der Waals surface area contributed by atoms with E-state index < -0.39 is 28.5 Å². The summed E-state index contributed by atoms with van der Waals surface area (Å²) in [6, 6.07) is 20.4. The van der Waals surface area contributed by atoms with Gasteiger partial charge in [0, 0.05) is 17.5 Å². The van der Waals surface area contributed by atoms with Crippen LogP contribution in [-0.4, -0.2) is 56.6 Å². The lowest BCUT2D eigenvalue weighted by Gasteiger charge is -2.33. The molecular formula is C33H41N3O5S2. The molecule has 2 amide bonds. The summed E-state index contributed by atoms with van der Waals surface area (Å²) < 4.78 is 35.3. The fraction of sp³-hybridized carbons (Fsp3) is 0.394. The monoisotopic (exact) mass is 623 g/mol. The molecule has 3 aromatic rings. The van der Waals surface area contributed by atoms with Crippen LogP contribution < -0.4 is 14.4 Å². The molecule has 0 bridgehead atoms. The Bertz CT molecular complexity index is 1490. The highest BCUT2D eigenvalue weighted by Crippen LogP contribution is 2.33. The molecule has 8 nitrogen and oxygen atoms in total. The third-order valence-electron chi connectivity index (χ3n) is 7.70. The van der Waals surface area contributed by atoms with Gasteiger partial charge in [-0.15, -0.1) is 11.8 Å². The Labute approximate surface area is 259 Å². The Morgan fingerprint density at radius 3 is 2.28 bits per heavy atom. The quantitative estimate of drug-likeness (QED) is 0.242. The molecule has 1 fully saturated rings. The van der Waals surface area contributed by atoms with Gasteiger partial charge in [0.05, 0.1) is 17.2 Å². The molecule has 10 heteroatoms. The largest absolute Gasteiger partial charge is 0.492 e. The number of sulfonamides is 1. The second-order valence-electron chi connectivity index (χ2n) is 10.8. The molecule has 1 saturated carbocycles. The van der Waals surface area contributed by atoms with E-state index >= 15 is 0 Å². The van der Waals surface area contributed by atoms with Crippen LogP contribution in [0, 0.1) is 6.92 Å². The number of nitrogens with one attached hydrogen (secondary N) is 1. The molecule has 0 radical (unpaired) electrons. The average molecular weight is 624 g/mol. The Morgan fingerprint density at radius 1 is 1.00 bits per heavy atom. The molecule has 3 aromatic carbocycles. The van der Waals surface area contributed by atoms with Crippen LogP contribution in [0.1, 0.15) is 50.7 Å². The zero-order valence-electron chi connectivity index (χ0n) is 25.3. The Morgan fingerprint density at radius 2 is 1.65 bits per heavy atom. The van der Waals surface area contributed by atoms with Gasteiger partial charge in [-0.05, 0) is 81.8 Å². The number of carbonyl (C=O) groups is 2. The molecule has 0 saturated heterocycles. The maximum Gasteiger partial charge on any atom is 0.264 e. The fourth-order valence-corrected chi connectivity index (χ4v) is 7.03. The van der Waals surface area contributed by atoms with Gasteiger partial charge in [-0.25, -0.2) is 8.42 Å². The van der Waals surface area contributed by atoms with Crippen molar-refractivity contribution in [2.24, 2.45) is 0 Å². The van der Waals surface area contributed by atoms with Crippen molar-refractivity contribution >= 4 is 39.3 Å². The number of amides is 2. The molecule has 0 aliphatic heterocycles. The number of hydrogen-bond acceptors (Lipinski definition) is 6. The number of hydrogen-bond donors (Lipinski definition) is 1. The number of anilines is 1. The van der Waals surface area contributed by atoms with E-state index in [2.05, 4.69) is 5.32 Å². The predicted octanol–water partition coefficient (Wildman–Crippen LogP) is 5.79. The molecule has 1 N–H and O–H groups in total. The molecule has 1 aliphatic carbocycles. The first-order valence-electron chi connectivity index (χ1n) is 14.7. The molecular weight excluding hydrogens is 583 g/mol. The van der Waals surface area contributed by atoms with Crippen LogP contribution in [0.3, 0.4) is 0 Å². The lowest BCUT2D eigenvalue weighted by molar-refractivity contribution is -0.139. The van der Waals surface area contributed by atoms with Crippen molar-refractivity contribution in [1.29, 1.82) is 0 Å². The second kappa shape index (κ2) is 14.8. The third-order valence-corrected chi connectivity index (χ3v) is 10.2. The second-order valence-corrected chi connectivity index (χ2v) is 13.5. The number of carbonyl (C=O) groups excluding carboxylic acids is 2. The Balaban J connectivity index is 1.72. The molecule has 1 atom stereocenters. The molecule has 0 aromatic heterocycles. The minimum absolute atomic E-state index is 0.0570. The van der Waals surface area contributed by atoms with Gasteiger partial charge in [-0.1, -0.05) is 54.8 Å². The smallest absolute Gasteiger partial charge is 0.264 e. The fourth-order valence-electron chi connectivity index (χ4n) is 5.19. The molecule has 1 aliphatic rings. The number of thioether (sulfide) groups is 1. The van der Waals surface area contributed by atoms with E-state index in [-0.39, 0.29) is 29.1 Å². The average Bonchev–Trinajstić information content (AvgIpc) is 3.52. The highest BCUT2D eigenvalue weighted by atomic mass is 32.2. The van der Waals surface area contributed by atoms with Gasteiger partial charge in [-0.2, -0.15) is 0 Å². The van der Waals surface area contributed by atoms with Crippen molar-refractivity contribution in [3.63, 3.8) is 0 Å². The van der Waals surface area contributed by atoms with Gasteiger partial charge in [0.1, 0.15) is 18.3 Å². The Kier molecular flexibility index (Phi) is 11.2. The van der Waals surface area contributed by atoms with Gasteiger partial charge in [0.2, 0.25) is 11.8 Å². The summed E-state index contributed by atoms with van der Waals surface area (Å²) in [6.45, 7) is 5.46. The van der Waals surface area contributed by atoms with Crippen LogP contribution in [0.5, 0.6) is 5.75 Å². The van der Waals surface area contributed by atoms with E-state index in [4.69, 9.17) is 4.74 Å². The summed E-state index contributed by atoms with van der Waals surface area (Å²) in [5, 5.41) is 3.10. The van der Waals surface area contributed by atoms with Crippen molar-refractivity contribution in [3.05, 3.63) is 83.9 Å². The predicted molar refractivity (Wildman–Crippen MR) is 172 cm³/mol. The van der Waals surface area contributed by atoms with Crippen molar-refractivity contribution in [2.75, 3.05) is 23.7 Å². The zero-order valence-corrected chi connectivity index (χ0v) is 26.9. The third kappa shape index (κ3) is 8.12. The highest BCUT2D eigenvalue weighted by molar-refractivity contribution is 7.98. The van der Waals surface area contributed by atoms with Crippen LogP contribution in [0.4, 0.5) is 5.69 Å². The topological polar surface area (TPSA) is 96.0 Å². The van der Waals surface area contributed by atoms with Gasteiger partial charge in [0.25, 0.3) is 10.0 Å². The summed E-state index contributed by atoms with van der Waals surface area (Å²) in [4.78, 5) is 30.1. The molecule has 0 unspecified atom stereocenters. The zero-order chi connectivity index (χ0) is 31.0. The maximum absolute atomic E-state index is 14.2. The van der Waals surface area contributed by atoms with Crippen molar-refractivity contribution in [1.82, 2.24) is 10.2 Å². The van der Waals surface area contributed by atoms with E-state index in [0.29, 0.717) is 12.4 Å². The summed E-state index contributed by atoms with van der Waals surface area (Å²) in [7, 11) is -4.20. The summed E-state index contributed by atoms with van der Waals surface area (Å²) >= 11 is 1.51. The van der Waals surface area contributed by atoms with Crippen LogP contribution >= 0.6 is 11.8 Å². The minimum atomic E-state index is -4.20. The van der Waals surface area contributed by atoms with E-state index in [1.54, 1.807) is 55.5 Å². The molecule has 4 rings (SSSR count). The first-order valence-corrected chi connectivity index (χ1v) is 17.3. The van der Waals surface area contributed by atoms with Gasteiger partial charge < -0.3 is 15.0 Å². The van der Waals surface area contributed by atoms with Crippen LogP contribution in [-0.2, 0) is 26.2 Å². The van der Waals surface area contributed by atoms with E-state index in [0.717, 1.165) is 46.0 Å². The normalized spacial score (nSPS) is 14.2. The molecule has 43 heavy (non-hydrogen) atoms. The van der Waals surface area contributed by atoms with Gasteiger partial charge >= 0.3 is 0 Å². The summed E-state index contributed by atoms with van der Waals surface area (Å²) in [6.07, 6.45) is 5.88. The SMILES string of the molecule is CCOc1ccccc1N(CC(=O)N(Cc1ccc(C)cc1)[C@@H](C)C(=O)NC1CCCC1)S(=O)(=O)c1ccc(SC)cc1. The number of aryl methyl sites for hydroxylation is 1. The standard InChI is InChI=1S/C33H41N3O5S2/c1-5-41-31-13-9-8-12-30(31)36(43(39,40)29-20-18-28(42-4)19-21-29)23-32(37)35(22-26-16-14-24(2)15-17-26)25(3)33(38)34-27-10-6-7-11-27/h8-9,12-21,25,27H,5-7,10-11,22-23H2,1-4H3,(H,34,38)/t25-/m0/s1. The minimum Gasteiger partial charge on any atom is -0.492 e. The molecule has 0 heterocycles. The lowest BCUT2D eigenvalue weighted by Crippen LogP contribution is -2.52. The van der Waals surface area contributed by atoms with Gasteiger partial charge in [0.15, 0.2) is 0 Å². The van der Waals surface area contributed by atoms with Crippen LogP contribution in [0.25, 0.3) is 0 Å². The van der Waals surface area contributed by atoms with E-state index in [1.807, 2.05) is 44.4 Å². The first kappa shape index (κ1) is 32.4. The summed E-state index contributed by atoms with van der Waals surface area (Å²) in [5.41, 5.74) is 2.17. The number of ether oxygens (including phenoxy) is 1.